The maximum absolute atomic E-state index is 11.7. The lowest BCUT2D eigenvalue weighted by Gasteiger charge is -2.05. The van der Waals surface area contributed by atoms with Gasteiger partial charge in [-0.05, 0) is 26.0 Å². The monoisotopic (exact) mass is 274 g/mol. The predicted octanol–water partition coefficient (Wildman–Crippen LogP) is 2.06. The Kier molecular flexibility index (Phi) is 3.84. The summed E-state index contributed by atoms with van der Waals surface area (Å²) in [6, 6.07) is 6.46. The number of esters is 1. The molecule has 1 N–H and O–H groups in total. The van der Waals surface area contributed by atoms with Crippen molar-refractivity contribution in [3.63, 3.8) is 0 Å². The van der Waals surface area contributed by atoms with Gasteiger partial charge in [0.25, 0.3) is 0 Å². The van der Waals surface area contributed by atoms with Crippen molar-refractivity contribution < 1.29 is 19.4 Å². The lowest BCUT2D eigenvalue weighted by Crippen LogP contribution is -2.09. The smallest absolute Gasteiger partial charge is 0.359 e. The summed E-state index contributed by atoms with van der Waals surface area (Å²) in [5, 5.41) is 13.3. The first-order valence-corrected chi connectivity index (χ1v) is 6.10. The number of hydrogen-bond acceptors (Lipinski definition) is 4. The highest BCUT2D eigenvalue weighted by molar-refractivity contribution is 5.92. The Morgan fingerprint density at radius 3 is 2.70 bits per heavy atom. The van der Waals surface area contributed by atoms with E-state index < -0.39 is 11.9 Å². The minimum absolute atomic E-state index is 0.116. The Hall–Kier alpha value is -2.63. The number of nitrogens with zero attached hydrogens (tertiary/aromatic N) is 2. The summed E-state index contributed by atoms with van der Waals surface area (Å²) in [6.07, 6.45) is 1.61. The lowest BCUT2D eigenvalue weighted by atomic mass is 10.2. The van der Waals surface area contributed by atoms with Crippen molar-refractivity contribution >= 4 is 11.9 Å². The van der Waals surface area contributed by atoms with Gasteiger partial charge in [0.05, 0.1) is 17.9 Å². The van der Waals surface area contributed by atoms with E-state index in [0.29, 0.717) is 11.3 Å². The first-order chi connectivity index (χ1) is 9.54. The van der Waals surface area contributed by atoms with Gasteiger partial charge in [-0.25, -0.2) is 14.3 Å². The molecule has 0 unspecified atom stereocenters. The normalized spacial score (nSPS) is 10.3. The van der Waals surface area contributed by atoms with Gasteiger partial charge in [0, 0.05) is 11.8 Å². The van der Waals surface area contributed by atoms with Gasteiger partial charge in [-0.1, -0.05) is 12.1 Å². The third-order valence-electron chi connectivity index (χ3n) is 2.75. The van der Waals surface area contributed by atoms with Crippen LogP contribution in [0.5, 0.6) is 0 Å². The van der Waals surface area contributed by atoms with Crippen molar-refractivity contribution in [2.24, 2.45) is 0 Å². The van der Waals surface area contributed by atoms with E-state index in [4.69, 9.17) is 9.84 Å². The molecule has 1 aromatic carbocycles. The van der Waals surface area contributed by atoms with E-state index in [1.54, 1.807) is 38.2 Å². The van der Waals surface area contributed by atoms with Gasteiger partial charge in [-0.15, -0.1) is 0 Å². The molecule has 0 aliphatic heterocycles. The molecule has 2 rings (SSSR count). The maximum Gasteiger partial charge on any atom is 0.359 e. The second-order valence-electron chi connectivity index (χ2n) is 4.15. The van der Waals surface area contributed by atoms with Gasteiger partial charge in [-0.3, -0.25) is 0 Å². The first kappa shape index (κ1) is 13.8. The van der Waals surface area contributed by atoms with Gasteiger partial charge in [0.1, 0.15) is 0 Å². The van der Waals surface area contributed by atoms with Crippen molar-refractivity contribution in [1.29, 1.82) is 0 Å². The quantitative estimate of drug-likeness (QED) is 0.863. The molecule has 0 saturated carbocycles. The van der Waals surface area contributed by atoms with Crippen LogP contribution in [0.3, 0.4) is 0 Å². The SMILES string of the molecule is CCOC(=O)c1nn(-c2ccccc2C(=O)O)cc1C. The Morgan fingerprint density at radius 1 is 1.35 bits per heavy atom. The van der Waals surface area contributed by atoms with E-state index in [0.717, 1.165) is 0 Å². The number of ether oxygens (including phenoxy) is 1. The molecule has 6 nitrogen and oxygen atoms in total. The molecular formula is C14H14N2O4. The summed E-state index contributed by atoms with van der Waals surface area (Å²) in [7, 11) is 0. The largest absolute Gasteiger partial charge is 0.478 e. The summed E-state index contributed by atoms with van der Waals surface area (Å²) in [4.78, 5) is 22.9. The van der Waals surface area contributed by atoms with Crippen molar-refractivity contribution in [3.8, 4) is 5.69 Å². The summed E-state index contributed by atoms with van der Waals surface area (Å²) >= 11 is 0. The molecule has 1 aromatic heterocycles. The Bertz CT molecular complexity index is 661. The highest BCUT2D eigenvalue weighted by Gasteiger charge is 2.18. The molecule has 6 heteroatoms. The minimum atomic E-state index is -1.05. The van der Waals surface area contributed by atoms with Gasteiger partial charge in [-0.2, -0.15) is 5.10 Å². The number of rotatable bonds is 4. The average molecular weight is 274 g/mol. The van der Waals surface area contributed by atoms with Crippen molar-refractivity contribution in [2.75, 3.05) is 6.61 Å². The second kappa shape index (κ2) is 5.56. The number of aromatic carboxylic acids is 1. The summed E-state index contributed by atoms with van der Waals surface area (Å²) in [5.74, 6) is -1.57. The molecule has 20 heavy (non-hydrogen) atoms. The Labute approximate surface area is 115 Å². The highest BCUT2D eigenvalue weighted by Crippen LogP contribution is 2.17. The summed E-state index contributed by atoms with van der Waals surface area (Å²) in [5.41, 5.74) is 1.33. The number of hydrogen-bond donors (Lipinski definition) is 1. The van der Waals surface area contributed by atoms with Crippen molar-refractivity contribution in [1.82, 2.24) is 9.78 Å². The number of para-hydroxylation sites is 1. The Morgan fingerprint density at radius 2 is 2.05 bits per heavy atom. The van der Waals surface area contributed by atoms with Crippen LogP contribution in [-0.2, 0) is 4.74 Å². The maximum atomic E-state index is 11.7. The molecule has 0 spiro atoms. The van der Waals surface area contributed by atoms with Crippen molar-refractivity contribution in [3.05, 3.63) is 47.3 Å². The van der Waals surface area contributed by atoms with E-state index in [2.05, 4.69) is 5.10 Å². The molecule has 2 aromatic rings. The van der Waals surface area contributed by atoms with Crippen LogP contribution in [-0.4, -0.2) is 33.4 Å². The molecule has 0 atom stereocenters. The van der Waals surface area contributed by atoms with Crippen LogP contribution in [0.2, 0.25) is 0 Å². The van der Waals surface area contributed by atoms with Gasteiger partial charge >= 0.3 is 11.9 Å². The van der Waals surface area contributed by atoms with E-state index in [1.165, 1.54) is 10.7 Å². The molecule has 0 amide bonds. The van der Waals surface area contributed by atoms with Crippen LogP contribution >= 0.6 is 0 Å². The lowest BCUT2D eigenvalue weighted by molar-refractivity contribution is 0.0517. The first-order valence-electron chi connectivity index (χ1n) is 6.10. The average Bonchev–Trinajstić information content (AvgIpc) is 2.81. The number of carboxylic acid groups (broad SMARTS) is 1. The molecule has 0 radical (unpaired) electrons. The van der Waals surface area contributed by atoms with Gasteiger partial charge in [0.15, 0.2) is 5.69 Å². The Balaban J connectivity index is 2.48. The van der Waals surface area contributed by atoms with E-state index in [9.17, 15) is 9.59 Å². The molecule has 0 aliphatic rings. The number of carbonyl (C=O) groups excluding carboxylic acids is 1. The number of carboxylic acids is 1. The topological polar surface area (TPSA) is 81.4 Å². The fraction of sp³-hybridized carbons (Fsp3) is 0.214. The van der Waals surface area contributed by atoms with Gasteiger partial charge in [0.2, 0.25) is 0 Å². The predicted molar refractivity (Wildman–Crippen MR) is 71.2 cm³/mol. The zero-order valence-electron chi connectivity index (χ0n) is 11.2. The third kappa shape index (κ3) is 2.54. The molecule has 0 aliphatic carbocycles. The number of benzene rings is 1. The molecule has 104 valence electrons. The van der Waals surface area contributed by atoms with Gasteiger partial charge < -0.3 is 9.84 Å². The molecule has 0 saturated heterocycles. The van der Waals surface area contributed by atoms with Crippen LogP contribution in [0.15, 0.2) is 30.5 Å². The van der Waals surface area contributed by atoms with Crippen LogP contribution in [0, 0.1) is 6.92 Å². The van der Waals surface area contributed by atoms with E-state index in [-0.39, 0.29) is 17.9 Å². The molecular weight excluding hydrogens is 260 g/mol. The third-order valence-corrected chi connectivity index (χ3v) is 2.75. The number of carbonyl (C=O) groups is 2. The van der Waals surface area contributed by atoms with Crippen LogP contribution in [0.25, 0.3) is 5.69 Å². The molecule has 1 heterocycles. The summed E-state index contributed by atoms with van der Waals surface area (Å²) < 4.78 is 6.28. The number of aryl methyl sites for hydroxylation is 1. The minimum Gasteiger partial charge on any atom is -0.478 e. The number of aromatic nitrogens is 2. The second-order valence-corrected chi connectivity index (χ2v) is 4.15. The highest BCUT2D eigenvalue weighted by atomic mass is 16.5. The standard InChI is InChI=1S/C14H14N2O4/c1-3-20-14(19)12-9(2)8-16(15-12)11-7-5-4-6-10(11)13(17)18/h4-8H,3H2,1-2H3,(H,17,18). The fourth-order valence-corrected chi connectivity index (χ4v) is 1.84. The summed E-state index contributed by atoms with van der Waals surface area (Å²) in [6.45, 7) is 3.69. The van der Waals surface area contributed by atoms with Crippen LogP contribution in [0.4, 0.5) is 0 Å². The zero-order chi connectivity index (χ0) is 14.7. The van der Waals surface area contributed by atoms with Crippen LogP contribution < -0.4 is 0 Å². The molecule has 0 bridgehead atoms. The van der Waals surface area contributed by atoms with Crippen LogP contribution in [0.1, 0.15) is 33.3 Å². The van der Waals surface area contributed by atoms with E-state index in [1.807, 2.05) is 0 Å². The van der Waals surface area contributed by atoms with Crippen molar-refractivity contribution in [2.45, 2.75) is 13.8 Å². The zero-order valence-corrected chi connectivity index (χ0v) is 11.2. The van der Waals surface area contributed by atoms with E-state index >= 15 is 0 Å². The molecule has 0 fully saturated rings. The fourth-order valence-electron chi connectivity index (χ4n) is 1.84.